The Labute approximate surface area is 64.9 Å². The highest BCUT2D eigenvalue weighted by Gasteiger charge is 2.44. The highest BCUT2D eigenvalue weighted by molar-refractivity contribution is 6.69. The van der Waals surface area contributed by atoms with Crippen molar-refractivity contribution in [3.05, 3.63) is 0 Å². The van der Waals surface area contributed by atoms with E-state index in [-0.39, 0.29) is 0 Å². The van der Waals surface area contributed by atoms with Gasteiger partial charge in [0.25, 0.3) is 0 Å². The van der Waals surface area contributed by atoms with Crippen molar-refractivity contribution in [2.75, 3.05) is 0 Å². The zero-order valence-corrected chi connectivity index (χ0v) is 8.53. The first-order valence-corrected chi connectivity index (χ1v) is 7.58. The molecule has 0 unspecified atom stereocenters. The summed E-state index contributed by atoms with van der Waals surface area (Å²) in [5, 5.41) is 0. The Morgan fingerprint density at radius 3 is 1.90 bits per heavy atom. The maximum atomic E-state index is 6.02. The van der Waals surface area contributed by atoms with Gasteiger partial charge in [0.15, 0.2) is 8.32 Å². The fourth-order valence-corrected chi connectivity index (χ4v) is 2.96. The van der Waals surface area contributed by atoms with Crippen molar-refractivity contribution in [2.24, 2.45) is 0 Å². The summed E-state index contributed by atoms with van der Waals surface area (Å²) in [6.45, 7) is 9.03. The predicted molar refractivity (Wildman–Crippen MR) is 46.7 cm³/mol. The molecule has 10 heavy (non-hydrogen) atoms. The second-order valence-electron chi connectivity index (χ2n) is 4.25. The Balaban J connectivity index is 2.38. The highest BCUT2D eigenvalue weighted by atomic mass is 28.4. The minimum Gasteiger partial charge on any atom is -0.412 e. The molecule has 0 heterocycles. The molecule has 1 fully saturated rings. The SMILES string of the molecule is CCC1(O[Si](C)(C)C)CC1. The van der Waals surface area contributed by atoms with Crippen LogP contribution in [-0.2, 0) is 4.43 Å². The first-order chi connectivity index (χ1) is 4.47. The van der Waals surface area contributed by atoms with Gasteiger partial charge in [0.05, 0.1) is 5.60 Å². The van der Waals surface area contributed by atoms with Crippen molar-refractivity contribution in [3.63, 3.8) is 0 Å². The molecule has 1 aliphatic rings. The first kappa shape index (κ1) is 8.28. The van der Waals surface area contributed by atoms with Crippen molar-refractivity contribution in [1.29, 1.82) is 0 Å². The smallest absolute Gasteiger partial charge is 0.184 e. The molecular formula is C8H18OSi. The Hall–Kier alpha value is 0.177. The molecule has 0 N–H and O–H groups in total. The summed E-state index contributed by atoms with van der Waals surface area (Å²) in [5.41, 5.74) is 0.338. The monoisotopic (exact) mass is 158 g/mol. The summed E-state index contributed by atoms with van der Waals surface area (Å²) < 4.78 is 6.02. The van der Waals surface area contributed by atoms with Crippen LogP contribution in [-0.4, -0.2) is 13.9 Å². The lowest BCUT2D eigenvalue weighted by Gasteiger charge is -2.24. The van der Waals surface area contributed by atoms with Gasteiger partial charge in [-0.25, -0.2) is 0 Å². The summed E-state index contributed by atoms with van der Waals surface area (Å²) in [4.78, 5) is 0. The number of rotatable bonds is 3. The lowest BCUT2D eigenvalue weighted by atomic mass is 10.3. The molecular weight excluding hydrogens is 140 g/mol. The molecule has 0 aromatic rings. The minimum atomic E-state index is -1.25. The molecule has 0 saturated heterocycles. The zero-order valence-electron chi connectivity index (χ0n) is 7.53. The molecule has 0 radical (unpaired) electrons. The van der Waals surface area contributed by atoms with Gasteiger partial charge in [0, 0.05) is 0 Å². The largest absolute Gasteiger partial charge is 0.412 e. The van der Waals surface area contributed by atoms with Crippen molar-refractivity contribution >= 4 is 8.32 Å². The molecule has 0 aromatic heterocycles. The highest BCUT2D eigenvalue weighted by Crippen LogP contribution is 2.44. The van der Waals surface area contributed by atoms with E-state index in [1.54, 1.807) is 0 Å². The van der Waals surface area contributed by atoms with E-state index >= 15 is 0 Å². The number of hydrogen-bond donors (Lipinski definition) is 0. The van der Waals surface area contributed by atoms with Crippen molar-refractivity contribution in [3.8, 4) is 0 Å². The van der Waals surface area contributed by atoms with Crippen LogP contribution in [0.25, 0.3) is 0 Å². The second kappa shape index (κ2) is 2.34. The number of hydrogen-bond acceptors (Lipinski definition) is 1. The topological polar surface area (TPSA) is 9.23 Å². The van der Waals surface area contributed by atoms with Gasteiger partial charge in [0.2, 0.25) is 0 Å². The van der Waals surface area contributed by atoms with E-state index in [0.717, 1.165) is 0 Å². The van der Waals surface area contributed by atoms with E-state index in [1.807, 2.05) is 0 Å². The predicted octanol–water partition coefficient (Wildman–Crippen LogP) is 2.78. The summed E-state index contributed by atoms with van der Waals surface area (Å²) in [5.74, 6) is 0. The van der Waals surface area contributed by atoms with E-state index < -0.39 is 8.32 Å². The van der Waals surface area contributed by atoms with Crippen LogP contribution >= 0.6 is 0 Å². The quantitative estimate of drug-likeness (QED) is 0.574. The van der Waals surface area contributed by atoms with Gasteiger partial charge in [-0.05, 0) is 38.9 Å². The van der Waals surface area contributed by atoms with E-state index in [2.05, 4.69) is 26.6 Å². The van der Waals surface area contributed by atoms with Crippen molar-refractivity contribution in [2.45, 2.75) is 51.4 Å². The fraction of sp³-hybridized carbons (Fsp3) is 1.00. The molecule has 2 heteroatoms. The molecule has 0 aliphatic heterocycles. The van der Waals surface area contributed by atoms with Gasteiger partial charge in [-0.2, -0.15) is 0 Å². The summed E-state index contributed by atoms with van der Waals surface area (Å²) in [6.07, 6.45) is 3.80. The molecule has 60 valence electrons. The average molecular weight is 158 g/mol. The van der Waals surface area contributed by atoms with Gasteiger partial charge in [-0.3, -0.25) is 0 Å². The molecule has 1 saturated carbocycles. The first-order valence-electron chi connectivity index (χ1n) is 4.18. The van der Waals surface area contributed by atoms with Crippen LogP contribution in [0.5, 0.6) is 0 Å². The van der Waals surface area contributed by atoms with Gasteiger partial charge in [-0.15, -0.1) is 0 Å². The van der Waals surface area contributed by atoms with E-state index in [9.17, 15) is 0 Å². The average Bonchev–Trinajstić information content (AvgIpc) is 2.45. The third kappa shape index (κ3) is 2.10. The lowest BCUT2D eigenvalue weighted by molar-refractivity contribution is 0.166. The molecule has 0 amide bonds. The van der Waals surface area contributed by atoms with E-state index in [4.69, 9.17) is 4.43 Å². The molecule has 0 aromatic carbocycles. The van der Waals surface area contributed by atoms with Crippen LogP contribution < -0.4 is 0 Å². The van der Waals surface area contributed by atoms with Crippen molar-refractivity contribution < 1.29 is 4.43 Å². The third-order valence-corrected chi connectivity index (χ3v) is 3.02. The van der Waals surface area contributed by atoms with Gasteiger partial charge in [0.1, 0.15) is 0 Å². The van der Waals surface area contributed by atoms with E-state index in [0.29, 0.717) is 5.60 Å². The third-order valence-electron chi connectivity index (χ3n) is 1.97. The Morgan fingerprint density at radius 1 is 1.30 bits per heavy atom. The second-order valence-corrected chi connectivity index (χ2v) is 8.68. The van der Waals surface area contributed by atoms with Crippen LogP contribution in [0.2, 0.25) is 19.6 Å². The molecule has 0 atom stereocenters. The van der Waals surface area contributed by atoms with Gasteiger partial charge >= 0.3 is 0 Å². The van der Waals surface area contributed by atoms with Crippen LogP contribution in [0.15, 0.2) is 0 Å². The summed E-state index contributed by atoms with van der Waals surface area (Å²) in [6, 6.07) is 0. The van der Waals surface area contributed by atoms with Gasteiger partial charge in [-0.1, -0.05) is 6.92 Å². The lowest BCUT2D eigenvalue weighted by Crippen LogP contribution is -2.32. The van der Waals surface area contributed by atoms with Gasteiger partial charge < -0.3 is 4.43 Å². The van der Waals surface area contributed by atoms with E-state index in [1.165, 1.54) is 19.3 Å². The zero-order chi connectivity index (χ0) is 7.83. The van der Waals surface area contributed by atoms with Crippen LogP contribution in [0, 0.1) is 0 Å². The normalized spacial score (nSPS) is 22.8. The van der Waals surface area contributed by atoms with Crippen LogP contribution in [0.4, 0.5) is 0 Å². The maximum absolute atomic E-state index is 6.02. The Morgan fingerprint density at radius 2 is 1.80 bits per heavy atom. The maximum Gasteiger partial charge on any atom is 0.184 e. The Kier molecular flexibility index (Phi) is 1.94. The summed E-state index contributed by atoms with van der Waals surface area (Å²) in [7, 11) is -1.25. The molecule has 1 aliphatic carbocycles. The summed E-state index contributed by atoms with van der Waals surface area (Å²) >= 11 is 0. The molecule has 0 bridgehead atoms. The Bertz CT molecular complexity index is 122. The van der Waals surface area contributed by atoms with Crippen LogP contribution in [0.1, 0.15) is 26.2 Å². The fourth-order valence-electron chi connectivity index (χ4n) is 1.32. The molecule has 1 rings (SSSR count). The van der Waals surface area contributed by atoms with Crippen LogP contribution in [0.3, 0.4) is 0 Å². The van der Waals surface area contributed by atoms with Crippen molar-refractivity contribution in [1.82, 2.24) is 0 Å². The molecule has 0 spiro atoms. The minimum absolute atomic E-state index is 0.338. The standard InChI is InChI=1S/C8H18OSi/c1-5-8(6-7-8)9-10(2,3)4/h5-7H2,1-4H3. The molecule has 1 nitrogen and oxygen atoms in total.